The molecular formula is C31H38F2N2O6. The number of amides is 2. The summed E-state index contributed by atoms with van der Waals surface area (Å²) in [7, 11) is 2.68. The molecule has 1 aliphatic carbocycles. The number of hydrogen-bond donors (Lipinski definition) is 1. The van der Waals surface area contributed by atoms with Gasteiger partial charge in [0, 0.05) is 36.9 Å². The Morgan fingerprint density at radius 3 is 2.24 bits per heavy atom. The standard InChI is InChI=1S/C31H38F2N2O6/c1-7-40-26-17-24(18-27(21(26)3)41-8-2)22(4)35(15-10-9-12-23-13-11-14-25(16-23)38-5)29(37)34-30(28(36)39-6)19-31(32,33)20-30/h11,13-14,16-18,22H,7-8,10,15,19-20H2,1-6H3,(H,34,37). The van der Waals surface area contributed by atoms with Gasteiger partial charge >= 0.3 is 12.0 Å². The average molecular weight is 573 g/mol. The second-order valence-corrected chi connectivity index (χ2v) is 9.87. The van der Waals surface area contributed by atoms with Gasteiger partial charge < -0.3 is 29.2 Å². The molecule has 1 unspecified atom stereocenters. The highest BCUT2D eigenvalue weighted by molar-refractivity contribution is 5.89. The molecule has 2 aromatic rings. The van der Waals surface area contributed by atoms with Crippen molar-refractivity contribution in [2.24, 2.45) is 0 Å². The molecule has 41 heavy (non-hydrogen) atoms. The number of esters is 1. The van der Waals surface area contributed by atoms with Crippen LogP contribution in [0.5, 0.6) is 17.2 Å². The largest absolute Gasteiger partial charge is 0.497 e. The first-order chi connectivity index (χ1) is 19.5. The fraction of sp³-hybridized carbons (Fsp3) is 0.484. The summed E-state index contributed by atoms with van der Waals surface area (Å²) in [5, 5.41) is 2.56. The van der Waals surface area contributed by atoms with Crippen LogP contribution in [0, 0.1) is 18.8 Å². The quantitative estimate of drug-likeness (QED) is 0.276. The van der Waals surface area contributed by atoms with Gasteiger partial charge in [0.25, 0.3) is 5.92 Å². The van der Waals surface area contributed by atoms with E-state index in [4.69, 9.17) is 18.9 Å². The zero-order chi connectivity index (χ0) is 30.2. The van der Waals surface area contributed by atoms with Crippen molar-refractivity contribution >= 4 is 12.0 Å². The Kier molecular flexibility index (Phi) is 10.4. The van der Waals surface area contributed by atoms with Crippen molar-refractivity contribution in [1.29, 1.82) is 0 Å². The monoisotopic (exact) mass is 572 g/mol. The molecule has 10 heteroatoms. The van der Waals surface area contributed by atoms with E-state index in [9.17, 15) is 18.4 Å². The molecule has 0 spiro atoms. The van der Waals surface area contributed by atoms with Crippen LogP contribution >= 0.6 is 0 Å². The minimum absolute atomic E-state index is 0.152. The van der Waals surface area contributed by atoms with Gasteiger partial charge in [-0.2, -0.15) is 0 Å². The number of carbonyl (C=O) groups excluding carboxylic acids is 2. The number of rotatable bonds is 11. The summed E-state index contributed by atoms with van der Waals surface area (Å²) >= 11 is 0. The van der Waals surface area contributed by atoms with Gasteiger partial charge in [-0.05, 0) is 63.6 Å². The third-order valence-electron chi connectivity index (χ3n) is 6.97. The van der Waals surface area contributed by atoms with E-state index in [1.807, 2.05) is 58.0 Å². The van der Waals surface area contributed by atoms with Crippen LogP contribution in [-0.4, -0.2) is 62.3 Å². The molecule has 3 rings (SSSR count). The summed E-state index contributed by atoms with van der Waals surface area (Å²) < 4.78 is 49.5. The molecule has 222 valence electrons. The number of methoxy groups -OCH3 is 2. The molecule has 1 aliphatic rings. The molecule has 1 saturated carbocycles. The van der Waals surface area contributed by atoms with Gasteiger partial charge in [0.2, 0.25) is 0 Å². The first-order valence-electron chi connectivity index (χ1n) is 13.6. The SMILES string of the molecule is CCOc1cc(C(C)N(CCC#Cc2cccc(OC)c2)C(=O)NC2(C(=O)OC)CC(F)(F)C2)cc(OCC)c1C. The van der Waals surface area contributed by atoms with E-state index in [0.29, 0.717) is 36.0 Å². The Morgan fingerprint density at radius 1 is 1.07 bits per heavy atom. The molecule has 0 heterocycles. The average Bonchev–Trinajstić information content (AvgIpc) is 2.93. The summed E-state index contributed by atoms with van der Waals surface area (Å²) in [5.74, 6) is 4.04. The van der Waals surface area contributed by atoms with Crippen molar-refractivity contribution in [3.05, 3.63) is 53.1 Å². The highest BCUT2D eigenvalue weighted by Gasteiger charge is 2.63. The van der Waals surface area contributed by atoms with Crippen molar-refractivity contribution < 1.29 is 37.3 Å². The molecule has 0 bridgehead atoms. The minimum Gasteiger partial charge on any atom is -0.497 e. The molecule has 2 aromatic carbocycles. The van der Waals surface area contributed by atoms with E-state index in [1.54, 1.807) is 13.2 Å². The fourth-order valence-corrected chi connectivity index (χ4v) is 4.81. The maximum Gasteiger partial charge on any atom is 0.332 e. The van der Waals surface area contributed by atoms with Crippen LogP contribution in [0.2, 0.25) is 0 Å². The maximum atomic E-state index is 13.9. The third kappa shape index (κ3) is 7.60. The van der Waals surface area contributed by atoms with Crippen LogP contribution in [0.1, 0.15) is 62.8 Å². The number of halogens is 2. The first kappa shape index (κ1) is 31.5. The summed E-state index contributed by atoms with van der Waals surface area (Å²) in [6, 6.07) is 9.72. The summed E-state index contributed by atoms with van der Waals surface area (Å²) in [6.07, 6.45) is -1.38. The van der Waals surface area contributed by atoms with Crippen molar-refractivity contribution in [3.63, 3.8) is 0 Å². The van der Waals surface area contributed by atoms with Crippen LogP contribution in [0.25, 0.3) is 0 Å². The zero-order valence-corrected chi connectivity index (χ0v) is 24.4. The van der Waals surface area contributed by atoms with Crippen LogP contribution in [0.15, 0.2) is 36.4 Å². The Balaban J connectivity index is 1.93. The molecule has 8 nitrogen and oxygen atoms in total. The van der Waals surface area contributed by atoms with Crippen LogP contribution in [0.4, 0.5) is 13.6 Å². The Labute approximate surface area is 240 Å². The number of alkyl halides is 2. The third-order valence-corrected chi connectivity index (χ3v) is 6.97. The summed E-state index contributed by atoms with van der Waals surface area (Å²) in [4.78, 5) is 27.6. The topological polar surface area (TPSA) is 86.3 Å². The predicted molar refractivity (Wildman–Crippen MR) is 151 cm³/mol. The van der Waals surface area contributed by atoms with E-state index in [2.05, 4.69) is 17.2 Å². The number of nitrogens with one attached hydrogen (secondary N) is 1. The zero-order valence-electron chi connectivity index (χ0n) is 24.4. The van der Waals surface area contributed by atoms with Crippen molar-refractivity contribution in [1.82, 2.24) is 10.2 Å². The van der Waals surface area contributed by atoms with Crippen molar-refractivity contribution in [3.8, 4) is 29.1 Å². The Hall–Kier alpha value is -4.00. The van der Waals surface area contributed by atoms with Gasteiger partial charge in [-0.1, -0.05) is 17.9 Å². The lowest BCUT2D eigenvalue weighted by atomic mass is 9.73. The second-order valence-electron chi connectivity index (χ2n) is 9.87. The Morgan fingerprint density at radius 2 is 1.71 bits per heavy atom. The normalized spacial score (nSPS) is 15.3. The van der Waals surface area contributed by atoms with E-state index in [0.717, 1.165) is 18.2 Å². The van der Waals surface area contributed by atoms with E-state index in [-0.39, 0.29) is 13.0 Å². The van der Waals surface area contributed by atoms with Crippen LogP contribution < -0.4 is 19.5 Å². The van der Waals surface area contributed by atoms with Gasteiger partial charge in [-0.15, -0.1) is 0 Å². The van der Waals surface area contributed by atoms with E-state index in [1.165, 1.54) is 4.90 Å². The molecule has 1 fully saturated rings. The van der Waals surface area contributed by atoms with E-state index >= 15 is 0 Å². The smallest absolute Gasteiger partial charge is 0.332 e. The molecule has 2 amide bonds. The van der Waals surface area contributed by atoms with Gasteiger partial charge in [0.1, 0.15) is 17.2 Å². The number of benzene rings is 2. The number of hydrogen-bond acceptors (Lipinski definition) is 6. The Bertz CT molecular complexity index is 1270. The highest BCUT2D eigenvalue weighted by Crippen LogP contribution is 2.46. The predicted octanol–water partition coefficient (Wildman–Crippen LogP) is 5.66. The summed E-state index contributed by atoms with van der Waals surface area (Å²) in [5.41, 5.74) is 0.478. The molecule has 0 radical (unpaired) electrons. The number of ether oxygens (including phenoxy) is 4. The first-order valence-corrected chi connectivity index (χ1v) is 13.6. The summed E-state index contributed by atoms with van der Waals surface area (Å²) in [6.45, 7) is 8.47. The molecule has 1 N–H and O–H groups in total. The molecule has 0 saturated heterocycles. The lowest BCUT2D eigenvalue weighted by Crippen LogP contribution is -2.68. The van der Waals surface area contributed by atoms with Crippen LogP contribution in [0.3, 0.4) is 0 Å². The van der Waals surface area contributed by atoms with Crippen LogP contribution in [-0.2, 0) is 9.53 Å². The lowest BCUT2D eigenvalue weighted by Gasteiger charge is -2.46. The minimum atomic E-state index is -3.07. The maximum absolute atomic E-state index is 13.9. The van der Waals surface area contributed by atoms with Gasteiger partial charge in [-0.3, -0.25) is 0 Å². The molecular weight excluding hydrogens is 534 g/mol. The fourth-order valence-electron chi connectivity index (χ4n) is 4.81. The van der Waals surface area contributed by atoms with Crippen molar-refractivity contribution in [2.45, 2.75) is 64.5 Å². The molecule has 1 atom stereocenters. The molecule has 0 aliphatic heterocycles. The van der Waals surface area contributed by atoms with E-state index < -0.39 is 42.3 Å². The number of carbonyl (C=O) groups is 2. The molecule has 0 aromatic heterocycles. The van der Waals surface area contributed by atoms with Gasteiger partial charge in [0.15, 0.2) is 5.54 Å². The second kappa shape index (κ2) is 13.6. The van der Waals surface area contributed by atoms with Crippen molar-refractivity contribution in [2.75, 3.05) is 34.0 Å². The highest BCUT2D eigenvalue weighted by atomic mass is 19.3. The van der Waals surface area contributed by atoms with Gasteiger partial charge in [-0.25, -0.2) is 18.4 Å². The van der Waals surface area contributed by atoms with Gasteiger partial charge in [0.05, 0.1) is 33.5 Å². The number of urea groups is 1. The number of nitrogens with zero attached hydrogens (tertiary/aromatic N) is 1. The lowest BCUT2D eigenvalue weighted by molar-refractivity contribution is -0.178.